The van der Waals surface area contributed by atoms with E-state index in [0.717, 1.165) is 63.2 Å². The van der Waals surface area contributed by atoms with Crippen LogP contribution in [0.15, 0.2) is 30.6 Å². The Morgan fingerprint density at radius 1 is 0.958 bits per heavy atom. The number of ether oxygens (including phenoxy) is 2. The van der Waals surface area contributed by atoms with E-state index in [-0.39, 0.29) is 0 Å². The molecule has 2 aliphatic rings. The Labute approximate surface area is 142 Å². The highest BCUT2D eigenvalue weighted by Gasteiger charge is 2.20. The third kappa shape index (κ3) is 3.01. The fraction of sp³-hybridized carbons (Fsp3) is 0.444. The Kier molecular flexibility index (Phi) is 4.21. The van der Waals surface area contributed by atoms with Crippen molar-refractivity contribution in [3.05, 3.63) is 41.7 Å². The van der Waals surface area contributed by atoms with Crippen LogP contribution in [0.5, 0.6) is 5.75 Å². The highest BCUT2D eigenvalue weighted by Crippen LogP contribution is 2.27. The second-order valence-electron chi connectivity index (χ2n) is 6.14. The normalized spacial score (nSPS) is 17.5. The highest BCUT2D eigenvalue weighted by atomic mass is 16.5. The second-order valence-corrected chi connectivity index (χ2v) is 6.14. The van der Waals surface area contributed by atoms with Gasteiger partial charge in [0.2, 0.25) is 0 Å². The van der Waals surface area contributed by atoms with E-state index in [9.17, 15) is 0 Å². The SMILES string of the molecule is COc1ccc2c(c1)CCN(c1cc(N3CCOCC3)ncn1)C2. The fourth-order valence-electron chi connectivity index (χ4n) is 3.33. The maximum absolute atomic E-state index is 5.42. The second kappa shape index (κ2) is 6.65. The first-order valence-corrected chi connectivity index (χ1v) is 8.39. The summed E-state index contributed by atoms with van der Waals surface area (Å²) in [7, 11) is 1.71. The Bertz CT molecular complexity index is 716. The summed E-state index contributed by atoms with van der Waals surface area (Å²) in [4.78, 5) is 13.5. The molecule has 0 radical (unpaired) electrons. The summed E-state index contributed by atoms with van der Waals surface area (Å²) in [6.45, 7) is 5.13. The van der Waals surface area contributed by atoms with E-state index < -0.39 is 0 Å². The number of rotatable bonds is 3. The fourth-order valence-corrected chi connectivity index (χ4v) is 3.33. The average Bonchev–Trinajstić information content (AvgIpc) is 2.68. The van der Waals surface area contributed by atoms with Gasteiger partial charge in [-0.15, -0.1) is 0 Å². The summed E-state index contributed by atoms with van der Waals surface area (Å²) >= 11 is 0. The molecule has 0 saturated carbocycles. The van der Waals surface area contributed by atoms with Crippen LogP contribution in [0.2, 0.25) is 0 Å². The topological polar surface area (TPSA) is 50.7 Å². The zero-order valence-corrected chi connectivity index (χ0v) is 13.9. The number of fused-ring (bicyclic) bond motifs is 1. The van der Waals surface area contributed by atoms with Crippen molar-refractivity contribution in [3.63, 3.8) is 0 Å². The molecule has 0 atom stereocenters. The van der Waals surface area contributed by atoms with E-state index in [0.29, 0.717) is 0 Å². The Morgan fingerprint density at radius 2 is 1.75 bits per heavy atom. The molecule has 0 bridgehead atoms. The standard InChI is InChI=1S/C18H22N4O2/c1-23-16-3-2-15-12-22(5-4-14(15)10-16)18-11-17(19-13-20-18)21-6-8-24-9-7-21/h2-3,10-11,13H,4-9,12H2,1H3. The number of benzene rings is 1. The Balaban J connectivity index is 1.54. The van der Waals surface area contributed by atoms with Gasteiger partial charge in [-0.25, -0.2) is 9.97 Å². The molecule has 126 valence electrons. The third-order valence-electron chi connectivity index (χ3n) is 4.72. The zero-order chi connectivity index (χ0) is 16.4. The van der Waals surface area contributed by atoms with Gasteiger partial charge in [0, 0.05) is 32.2 Å². The summed E-state index contributed by atoms with van der Waals surface area (Å²) in [5.41, 5.74) is 2.71. The lowest BCUT2D eigenvalue weighted by Crippen LogP contribution is -2.37. The van der Waals surface area contributed by atoms with Crippen LogP contribution in [0.3, 0.4) is 0 Å². The van der Waals surface area contributed by atoms with Crippen LogP contribution in [0.25, 0.3) is 0 Å². The molecule has 0 unspecified atom stereocenters. The van der Waals surface area contributed by atoms with Crippen LogP contribution >= 0.6 is 0 Å². The molecule has 2 aromatic rings. The lowest BCUT2D eigenvalue weighted by atomic mass is 9.99. The first-order chi connectivity index (χ1) is 11.8. The van der Waals surface area contributed by atoms with E-state index in [1.807, 2.05) is 6.07 Å². The molecule has 24 heavy (non-hydrogen) atoms. The van der Waals surface area contributed by atoms with Gasteiger partial charge in [0.05, 0.1) is 20.3 Å². The molecular weight excluding hydrogens is 304 g/mol. The first kappa shape index (κ1) is 15.2. The summed E-state index contributed by atoms with van der Waals surface area (Å²) in [5, 5.41) is 0. The van der Waals surface area contributed by atoms with Gasteiger partial charge < -0.3 is 19.3 Å². The minimum absolute atomic E-state index is 0.762. The molecule has 0 spiro atoms. The number of methoxy groups -OCH3 is 1. The predicted molar refractivity (Wildman–Crippen MR) is 92.8 cm³/mol. The van der Waals surface area contributed by atoms with Crippen LogP contribution in [0.4, 0.5) is 11.6 Å². The van der Waals surface area contributed by atoms with Crippen molar-refractivity contribution in [2.75, 3.05) is 49.8 Å². The average molecular weight is 326 g/mol. The molecule has 1 aromatic carbocycles. The van der Waals surface area contributed by atoms with Crippen molar-refractivity contribution < 1.29 is 9.47 Å². The number of nitrogens with zero attached hydrogens (tertiary/aromatic N) is 4. The molecule has 3 heterocycles. The smallest absolute Gasteiger partial charge is 0.134 e. The first-order valence-electron chi connectivity index (χ1n) is 8.39. The van der Waals surface area contributed by atoms with Crippen molar-refractivity contribution in [1.29, 1.82) is 0 Å². The van der Waals surface area contributed by atoms with Crippen LogP contribution in [0, 0.1) is 0 Å². The quantitative estimate of drug-likeness (QED) is 0.858. The van der Waals surface area contributed by atoms with Crippen LogP contribution in [-0.4, -0.2) is 49.9 Å². The van der Waals surface area contributed by atoms with E-state index >= 15 is 0 Å². The Hall–Kier alpha value is -2.34. The van der Waals surface area contributed by atoms with Gasteiger partial charge in [-0.3, -0.25) is 0 Å². The zero-order valence-electron chi connectivity index (χ0n) is 13.9. The Morgan fingerprint density at radius 3 is 2.54 bits per heavy atom. The highest BCUT2D eigenvalue weighted by molar-refractivity contribution is 5.52. The number of hydrogen-bond acceptors (Lipinski definition) is 6. The van der Waals surface area contributed by atoms with Gasteiger partial charge in [0.1, 0.15) is 23.7 Å². The van der Waals surface area contributed by atoms with Crippen LogP contribution in [-0.2, 0) is 17.7 Å². The minimum atomic E-state index is 0.762. The van der Waals surface area contributed by atoms with Crippen molar-refractivity contribution in [2.24, 2.45) is 0 Å². The van der Waals surface area contributed by atoms with Crippen molar-refractivity contribution in [3.8, 4) is 5.75 Å². The molecule has 2 aliphatic heterocycles. The molecule has 6 heteroatoms. The summed E-state index contributed by atoms with van der Waals surface area (Å²) in [5.74, 6) is 2.91. The third-order valence-corrected chi connectivity index (χ3v) is 4.72. The summed E-state index contributed by atoms with van der Waals surface area (Å²) in [6.07, 6.45) is 2.67. The summed E-state index contributed by atoms with van der Waals surface area (Å²) in [6, 6.07) is 8.43. The lowest BCUT2D eigenvalue weighted by molar-refractivity contribution is 0.122. The van der Waals surface area contributed by atoms with E-state index in [1.165, 1.54) is 11.1 Å². The maximum atomic E-state index is 5.42. The molecule has 1 aromatic heterocycles. The van der Waals surface area contributed by atoms with Gasteiger partial charge in [-0.1, -0.05) is 6.07 Å². The molecule has 0 aliphatic carbocycles. The lowest BCUT2D eigenvalue weighted by Gasteiger charge is -2.32. The number of morpholine rings is 1. The molecule has 4 rings (SSSR count). The molecule has 0 amide bonds. The number of hydrogen-bond donors (Lipinski definition) is 0. The molecule has 0 N–H and O–H groups in total. The van der Waals surface area contributed by atoms with Crippen LogP contribution in [0.1, 0.15) is 11.1 Å². The predicted octanol–water partition coefficient (Wildman–Crippen LogP) is 1.88. The molecular formula is C18H22N4O2. The summed E-state index contributed by atoms with van der Waals surface area (Å²) < 4.78 is 10.7. The monoisotopic (exact) mass is 326 g/mol. The molecule has 1 fully saturated rings. The van der Waals surface area contributed by atoms with Crippen molar-refractivity contribution in [2.45, 2.75) is 13.0 Å². The van der Waals surface area contributed by atoms with E-state index in [4.69, 9.17) is 9.47 Å². The largest absolute Gasteiger partial charge is 0.497 e. The molecule has 6 nitrogen and oxygen atoms in total. The van der Waals surface area contributed by atoms with Gasteiger partial charge in [0.15, 0.2) is 0 Å². The minimum Gasteiger partial charge on any atom is -0.497 e. The van der Waals surface area contributed by atoms with E-state index in [1.54, 1.807) is 13.4 Å². The van der Waals surface area contributed by atoms with Gasteiger partial charge in [0.25, 0.3) is 0 Å². The van der Waals surface area contributed by atoms with Gasteiger partial charge >= 0.3 is 0 Å². The number of aromatic nitrogens is 2. The van der Waals surface area contributed by atoms with Crippen LogP contribution < -0.4 is 14.5 Å². The van der Waals surface area contributed by atoms with E-state index in [2.05, 4.69) is 38.0 Å². The van der Waals surface area contributed by atoms with Gasteiger partial charge in [-0.05, 0) is 29.7 Å². The van der Waals surface area contributed by atoms with Crippen molar-refractivity contribution in [1.82, 2.24) is 9.97 Å². The van der Waals surface area contributed by atoms with Crippen molar-refractivity contribution >= 4 is 11.6 Å². The van der Waals surface area contributed by atoms with Gasteiger partial charge in [-0.2, -0.15) is 0 Å². The molecule has 1 saturated heterocycles. The maximum Gasteiger partial charge on any atom is 0.134 e. The number of anilines is 2.